The highest BCUT2D eigenvalue weighted by Gasteiger charge is 2.29. The van der Waals surface area contributed by atoms with Crippen LogP contribution in [0.2, 0.25) is 0 Å². The van der Waals surface area contributed by atoms with E-state index in [9.17, 15) is 5.11 Å². The van der Waals surface area contributed by atoms with Gasteiger partial charge in [-0.1, -0.05) is 18.2 Å². The molecular weight excluding hydrogens is 214 g/mol. The second-order valence-corrected chi connectivity index (χ2v) is 5.11. The van der Waals surface area contributed by atoms with Crippen LogP contribution in [0.15, 0.2) is 24.3 Å². The summed E-state index contributed by atoms with van der Waals surface area (Å²) < 4.78 is 5.62. The van der Waals surface area contributed by atoms with Crippen LogP contribution in [-0.4, -0.2) is 23.9 Å². The fourth-order valence-electron chi connectivity index (χ4n) is 2.57. The van der Waals surface area contributed by atoms with Gasteiger partial charge in [0.1, 0.15) is 5.75 Å². The highest BCUT2D eigenvalue weighted by atomic mass is 16.5. The summed E-state index contributed by atoms with van der Waals surface area (Å²) in [6, 6.07) is 8.11. The zero-order valence-electron chi connectivity index (χ0n) is 10.4. The van der Waals surface area contributed by atoms with Crippen LogP contribution >= 0.6 is 0 Å². The molecule has 1 aliphatic heterocycles. The van der Waals surface area contributed by atoms with Crippen molar-refractivity contribution in [1.29, 1.82) is 0 Å². The SMILES string of the molecule is CC(O)(CCN)CC1CCOc2ccccc21. The number of hydrogen-bond acceptors (Lipinski definition) is 3. The van der Waals surface area contributed by atoms with Crippen LogP contribution in [0.25, 0.3) is 0 Å². The minimum Gasteiger partial charge on any atom is -0.493 e. The van der Waals surface area contributed by atoms with Crippen molar-refractivity contribution in [2.45, 2.75) is 37.7 Å². The van der Waals surface area contributed by atoms with Crippen molar-refractivity contribution in [2.24, 2.45) is 5.73 Å². The molecule has 1 aliphatic rings. The number of hydrogen-bond donors (Lipinski definition) is 2. The maximum Gasteiger partial charge on any atom is 0.122 e. The summed E-state index contributed by atoms with van der Waals surface area (Å²) in [5.41, 5.74) is 6.07. The molecule has 0 spiro atoms. The maximum atomic E-state index is 10.3. The highest BCUT2D eigenvalue weighted by molar-refractivity contribution is 5.37. The Morgan fingerprint density at radius 1 is 1.47 bits per heavy atom. The third-order valence-electron chi connectivity index (χ3n) is 3.45. The Morgan fingerprint density at radius 2 is 2.24 bits per heavy atom. The van der Waals surface area contributed by atoms with Crippen molar-refractivity contribution in [3.05, 3.63) is 29.8 Å². The fraction of sp³-hybridized carbons (Fsp3) is 0.571. The predicted octanol–water partition coefficient (Wildman–Crippen LogP) is 2.04. The molecule has 1 heterocycles. The topological polar surface area (TPSA) is 55.5 Å². The van der Waals surface area contributed by atoms with Crippen LogP contribution in [0.4, 0.5) is 0 Å². The van der Waals surface area contributed by atoms with Crippen LogP contribution in [0.3, 0.4) is 0 Å². The molecule has 3 heteroatoms. The first-order valence-electron chi connectivity index (χ1n) is 6.26. The van der Waals surface area contributed by atoms with Crippen LogP contribution in [0, 0.1) is 0 Å². The third-order valence-corrected chi connectivity index (χ3v) is 3.45. The van der Waals surface area contributed by atoms with Crippen molar-refractivity contribution < 1.29 is 9.84 Å². The van der Waals surface area contributed by atoms with E-state index >= 15 is 0 Å². The molecule has 0 fully saturated rings. The molecule has 0 saturated heterocycles. The van der Waals surface area contributed by atoms with Crippen LogP contribution < -0.4 is 10.5 Å². The molecule has 1 aromatic carbocycles. The zero-order valence-corrected chi connectivity index (χ0v) is 10.4. The molecule has 3 nitrogen and oxygen atoms in total. The number of benzene rings is 1. The van der Waals surface area contributed by atoms with Crippen molar-refractivity contribution in [3.63, 3.8) is 0 Å². The normalized spacial score (nSPS) is 22.4. The van der Waals surface area contributed by atoms with E-state index < -0.39 is 5.60 Å². The van der Waals surface area contributed by atoms with E-state index in [1.165, 1.54) is 5.56 Å². The lowest BCUT2D eigenvalue weighted by atomic mass is 9.82. The average Bonchev–Trinajstić information content (AvgIpc) is 2.29. The number of aliphatic hydroxyl groups is 1. The molecule has 17 heavy (non-hydrogen) atoms. The van der Waals surface area contributed by atoms with Crippen LogP contribution in [-0.2, 0) is 0 Å². The number of ether oxygens (including phenoxy) is 1. The second kappa shape index (κ2) is 5.07. The lowest BCUT2D eigenvalue weighted by Gasteiger charge is -2.32. The van der Waals surface area contributed by atoms with Gasteiger partial charge in [0.15, 0.2) is 0 Å². The van der Waals surface area contributed by atoms with Crippen molar-refractivity contribution in [3.8, 4) is 5.75 Å². The van der Waals surface area contributed by atoms with E-state index in [4.69, 9.17) is 10.5 Å². The third kappa shape index (κ3) is 2.99. The van der Waals surface area contributed by atoms with Crippen LogP contribution in [0.1, 0.15) is 37.7 Å². The molecule has 0 bridgehead atoms. The molecule has 0 amide bonds. The van der Waals surface area contributed by atoms with Crippen molar-refractivity contribution >= 4 is 0 Å². The molecule has 0 radical (unpaired) electrons. The van der Waals surface area contributed by atoms with Crippen molar-refractivity contribution in [1.82, 2.24) is 0 Å². The summed E-state index contributed by atoms with van der Waals surface area (Å²) in [5, 5.41) is 10.3. The largest absolute Gasteiger partial charge is 0.493 e. The molecule has 0 aliphatic carbocycles. The lowest BCUT2D eigenvalue weighted by molar-refractivity contribution is 0.0328. The molecule has 0 aromatic heterocycles. The Kier molecular flexibility index (Phi) is 3.69. The van der Waals surface area contributed by atoms with Gasteiger partial charge in [0.2, 0.25) is 0 Å². The monoisotopic (exact) mass is 235 g/mol. The summed E-state index contributed by atoms with van der Waals surface area (Å²) in [5.74, 6) is 1.34. The van der Waals surface area contributed by atoms with E-state index in [0.717, 1.165) is 25.2 Å². The Balaban J connectivity index is 2.13. The molecule has 2 rings (SSSR count). The maximum absolute atomic E-state index is 10.3. The molecular formula is C14H21NO2. The quantitative estimate of drug-likeness (QED) is 0.839. The first kappa shape index (κ1) is 12.4. The van der Waals surface area contributed by atoms with Gasteiger partial charge in [-0.3, -0.25) is 0 Å². The molecule has 3 N–H and O–H groups in total. The number of para-hydroxylation sites is 1. The summed E-state index contributed by atoms with van der Waals surface area (Å²) in [7, 11) is 0. The lowest BCUT2D eigenvalue weighted by Crippen LogP contribution is -2.31. The number of nitrogens with two attached hydrogens (primary N) is 1. The van der Waals surface area contributed by atoms with Gasteiger partial charge in [0.25, 0.3) is 0 Å². The molecule has 2 atom stereocenters. The summed E-state index contributed by atoms with van der Waals surface area (Å²) in [6.45, 7) is 3.14. The zero-order chi connectivity index (χ0) is 12.3. The minimum atomic E-state index is -0.677. The van der Waals surface area contributed by atoms with Gasteiger partial charge in [0.05, 0.1) is 12.2 Å². The van der Waals surface area contributed by atoms with Gasteiger partial charge in [-0.15, -0.1) is 0 Å². The van der Waals surface area contributed by atoms with Gasteiger partial charge < -0.3 is 15.6 Å². The van der Waals surface area contributed by atoms with Gasteiger partial charge in [-0.2, -0.15) is 0 Å². The Bertz CT molecular complexity index is 376. The highest BCUT2D eigenvalue weighted by Crippen LogP contribution is 2.38. The summed E-state index contributed by atoms with van der Waals surface area (Å²) >= 11 is 0. The average molecular weight is 235 g/mol. The van der Waals surface area contributed by atoms with E-state index in [1.807, 2.05) is 25.1 Å². The smallest absolute Gasteiger partial charge is 0.122 e. The van der Waals surface area contributed by atoms with Gasteiger partial charge in [-0.25, -0.2) is 0 Å². The van der Waals surface area contributed by atoms with E-state index in [-0.39, 0.29) is 0 Å². The summed E-state index contributed by atoms with van der Waals surface area (Å²) in [6.07, 6.45) is 2.37. The molecule has 94 valence electrons. The molecule has 2 unspecified atom stereocenters. The first-order valence-corrected chi connectivity index (χ1v) is 6.26. The second-order valence-electron chi connectivity index (χ2n) is 5.11. The van der Waals surface area contributed by atoms with Crippen LogP contribution in [0.5, 0.6) is 5.75 Å². The molecule has 1 aromatic rings. The number of fused-ring (bicyclic) bond motifs is 1. The van der Waals surface area contributed by atoms with E-state index in [0.29, 0.717) is 18.9 Å². The Labute approximate surface area is 103 Å². The standard InChI is InChI=1S/C14H21NO2/c1-14(16,7-8-15)10-11-6-9-17-13-5-3-2-4-12(11)13/h2-5,11,16H,6-10,15H2,1H3. The summed E-state index contributed by atoms with van der Waals surface area (Å²) in [4.78, 5) is 0. The molecule has 0 saturated carbocycles. The van der Waals surface area contributed by atoms with Gasteiger partial charge in [0, 0.05) is 0 Å². The Morgan fingerprint density at radius 3 is 3.00 bits per heavy atom. The van der Waals surface area contributed by atoms with E-state index in [1.54, 1.807) is 0 Å². The van der Waals surface area contributed by atoms with Crippen molar-refractivity contribution in [2.75, 3.05) is 13.2 Å². The number of rotatable bonds is 4. The first-order chi connectivity index (χ1) is 8.12. The van der Waals surface area contributed by atoms with Gasteiger partial charge >= 0.3 is 0 Å². The van der Waals surface area contributed by atoms with E-state index in [2.05, 4.69) is 6.07 Å². The Hall–Kier alpha value is -1.06. The minimum absolute atomic E-state index is 0.376. The fourth-order valence-corrected chi connectivity index (χ4v) is 2.57. The van der Waals surface area contributed by atoms with Gasteiger partial charge in [-0.05, 0) is 50.3 Å². The predicted molar refractivity (Wildman–Crippen MR) is 68.2 cm³/mol.